The smallest absolute Gasteiger partial charge is 0.0662 e. The third kappa shape index (κ3) is 2800. The van der Waals surface area contributed by atoms with Crippen molar-refractivity contribution in [2.75, 3.05) is 26.4 Å². The van der Waals surface area contributed by atoms with E-state index in [1.54, 1.807) is 0 Å². The molecular formula is C18H40O3. The Kier molecular flexibility index (Phi) is 1200. The zero-order chi connectivity index (χ0) is 19.5. The van der Waals surface area contributed by atoms with Gasteiger partial charge in [-0.1, -0.05) is 0 Å². The molecular weight excluding hydrogens is 264 g/mol. The maximum atomic E-state index is 7.62. The molecule has 0 bridgehead atoms. The Morgan fingerprint density at radius 2 is 0.667 bits per heavy atom. The average Bonchev–Trinajstić information content (AvgIpc) is 2.66. The molecule has 0 rings (SSSR count). The normalized spacial score (nSPS) is 4.57. The van der Waals surface area contributed by atoms with Crippen LogP contribution in [0, 0.1) is 0 Å². The number of aliphatic hydroxyl groups is 2. The summed E-state index contributed by atoms with van der Waals surface area (Å²) in [6.07, 6.45) is 0. The molecule has 0 amide bonds. The monoisotopic (exact) mass is 304 g/mol. The van der Waals surface area contributed by atoms with Crippen molar-refractivity contribution < 1.29 is 14.9 Å². The summed E-state index contributed by atoms with van der Waals surface area (Å²) >= 11 is 0. The molecule has 0 aromatic rings. The van der Waals surface area contributed by atoms with Crippen LogP contribution in [-0.4, -0.2) is 36.6 Å². The van der Waals surface area contributed by atoms with E-state index in [0.717, 1.165) is 13.2 Å². The highest BCUT2D eigenvalue weighted by Gasteiger charge is 1.64. The Morgan fingerprint density at radius 1 is 0.524 bits per heavy atom. The van der Waals surface area contributed by atoms with Crippen molar-refractivity contribution in [3.05, 3.63) is 78.9 Å². The minimum atomic E-state index is -0.125. The van der Waals surface area contributed by atoms with Gasteiger partial charge in [0.15, 0.2) is 0 Å². The molecule has 0 radical (unpaired) electrons. The van der Waals surface area contributed by atoms with Gasteiger partial charge in [-0.05, 0) is 13.8 Å². The molecule has 0 aromatic heterocycles. The van der Waals surface area contributed by atoms with E-state index < -0.39 is 0 Å². The van der Waals surface area contributed by atoms with Crippen LogP contribution < -0.4 is 0 Å². The van der Waals surface area contributed by atoms with Crippen LogP contribution in [0.5, 0.6) is 0 Å². The Hall–Kier alpha value is -1.68. The van der Waals surface area contributed by atoms with Crippen molar-refractivity contribution in [1.82, 2.24) is 0 Å². The van der Waals surface area contributed by atoms with Gasteiger partial charge in [0, 0.05) is 13.2 Å². The SMILES string of the molecule is C=C.C=C.C=C.C=C.C=C.C=C.CCOCC.OCCO. The van der Waals surface area contributed by atoms with Crippen LogP contribution in [0.1, 0.15) is 13.8 Å². The zero-order valence-corrected chi connectivity index (χ0v) is 14.6. The van der Waals surface area contributed by atoms with E-state index in [4.69, 9.17) is 14.9 Å². The predicted octanol–water partition coefficient (Wildman–Crippen LogP) is 4.83. The van der Waals surface area contributed by atoms with Crippen LogP contribution in [0.15, 0.2) is 78.9 Å². The lowest BCUT2D eigenvalue weighted by molar-refractivity contribution is 0.162. The van der Waals surface area contributed by atoms with Crippen LogP contribution in [0.4, 0.5) is 0 Å². The number of hydrogen-bond acceptors (Lipinski definition) is 3. The number of aliphatic hydroxyl groups excluding tert-OH is 2. The summed E-state index contributed by atoms with van der Waals surface area (Å²) < 4.78 is 4.83. The Bertz CT molecular complexity index is 69.0. The van der Waals surface area contributed by atoms with Gasteiger partial charge in [-0.3, -0.25) is 0 Å². The zero-order valence-electron chi connectivity index (χ0n) is 14.6. The topological polar surface area (TPSA) is 49.7 Å². The Labute approximate surface area is 135 Å². The lowest BCUT2D eigenvalue weighted by Crippen LogP contribution is -1.85. The summed E-state index contributed by atoms with van der Waals surface area (Å²) in [7, 11) is 0. The molecule has 0 aromatic carbocycles. The van der Waals surface area contributed by atoms with Gasteiger partial charge in [0.1, 0.15) is 0 Å². The van der Waals surface area contributed by atoms with E-state index in [1.807, 2.05) is 13.8 Å². The molecule has 0 unspecified atom stereocenters. The standard InChI is InChI=1S/C4H10O.C2H6O2.6C2H4/c1-3-5-4-2;3-1-2-4;6*1-2/h3-4H2,1-2H3;3-4H,1-2H2;6*1-2H2. The van der Waals surface area contributed by atoms with E-state index in [9.17, 15) is 0 Å². The average molecular weight is 305 g/mol. The van der Waals surface area contributed by atoms with E-state index in [1.165, 1.54) is 0 Å². The van der Waals surface area contributed by atoms with Crippen LogP contribution in [0.2, 0.25) is 0 Å². The number of ether oxygens (including phenoxy) is 1. The van der Waals surface area contributed by atoms with Crippen LogP contribution in [-0.2, 0) is 4.74 Å². The molecule has 2 N–H and O–H groups in total. The van der Waals surface area contributed by atoms with Crippen LogP contribution >= 0.6 is 0 Å². The largest absolute Gasteiger partial charge is 0.394 e. The molecule has 0 saturated carbocycles. The van der Waals surface area contributed by atoms with Crippen molar-refractivity contribution in [3.8, 4) is 0 Å². The van der Waals surface area contributed by atoms with Gasteiger partial charge in [-0.2, -0.15) is 0 Å². The second kappa shape index (κ2) is 499. The molecule has 0 saturated heterocycles. The first-order valence-electron chi connectivity index (χ1n) is 6.12. The molecule has 3 nitrogen and oxygen atoms in total. The van der Waals surface area contributed by atoms with Gasteiger partial charge in [0.05, 0.1) is 13.2 Å². The van der Waals surface area contributed by atoms with E-state index >= 15 is 0 Å². The van der Waals surface area contributed by atoms with Crippen LogP contribution in [0.3, 0.4) is 0 Å². The molecule has 0 aliphatic rings. The van der Waals surface area contributed by atoms with Gasteiger partial charge < -0.3 is 14.9 Å². The Balaban J connectivity index is -0.0000000161. The minimum absolute atomic E-state index is 0.125. The fourth-order valence-electron chi connectivity index (χ4n) is 0.204. The number of rotatable bonds is 3. The number of hydrogen-bond donors (Lipinski definition) is 2. The molecule has 3 heteroatoms. The first kappa shape index (κ1) is 50.6. The Morgan fingerprint density at radius 3 is 0.667 bits per heavy atom. The lowest BCUT2D eigenvalue weighted by atomic mass is 10.8. The molecule has 21 heavy (non-hydrogen) atoms. The van der Waals surface area contributed by atoms with Crippen LogP contribution in [0.25, 0.3) is 0 Å². The fourth-order valence-corrected chi connectivity index (χ4v) is 0.204. The van der Waals surface area contributed by atoms with E-state index in [0.29, 0.717) is 0 Å². The van der Waals surface area contributed by atoms with Crippen molar-refractivity contribution in [3.63, 3.8) is 0 Å². The van der Waals surface area contributed by atoms with Gasteiger partial charge in [-0.15, -0.1) is 78.9 Å². The molecule has 0 aliphatic heterocycles. The van der Waals surface area contributed by atoms with Gasteiger partial charge in [0.25, 0.3) is 0 Å². The second-order valence-electron chi connectivity index (χ2n) is 1.23. The third-order valence-corrected chi connectivity index (χ3v) is 0.508. The summed E-state index contributed by atoms with van der Waals surface area (Å²) in [4.78, 5) is 0. The molecule has 0 spiro atoms. The van der Waals surface area contributed by atoms with Crippen molar-refractivity contribution >= 4 is 0 Å². The van der Waals surface area contributed by atoms with E-state index in [-0.39, 0.29) is 13.2 Å². The summed E-state index contributed by atoms with van der Waals surface area (Å²) in [5.74, 6) is 0. The highest BCUT2D eigenvalue weighted by Crippen LogP contribution is 1.64. The molecule has 0 aliphatic carbocycles. The van der Waals surface area contributed by atoms with Crippen molar-refractivity contribution in [2.45, 2.75) is 13.8 Å². The third-order valence-electron chi connectivity index (χ3n) is 0.508. The summed E-state index contributed by atoms with van der Waals surface area (Å²) in [5.41, 5.74) is 0. The molecule has 0 atom stereocenters. The minimum Gasteiger partial charge on any atom is -0.394 e. The van der Waals surface area contributed by atoms with E-state index in [2.05, 4.69) is 78.9 Å². The summed E-state index contributed by atoms with van der Waals surface area (Å²) in [6.45, 7) is 41.4. The van der Waals surface area contributed by atoms with Gasteiger partial charge >= 0.3 is 0 Å². The first-order chi connectivity index (χ1) is 10.3. The molecule has 0 fully saturated rings. The maximum Gasteiger partial charge on any atom is 0.0662 e. The van der Waals surface area contributed by atoms with Crippen molar-refractivity contribution in [1.29, 1.82) is 0 Å². The van der Waals surface area contributed by atoms with Gasteiger partial charge in [-0.25, -0.2) is 0 Å². The maximum absolute atomic E-state index is 7.62. The summed E-state index contributed by atoms with van der Waals surface area (Å²) in [5, 5.41) is 15.2. The highest BCUT2D eigenvalue weighted by molar-refractivity contribution is 4.23. The first-order valence-corrected chi connectivity index (χ1v) is 6.12. The highest BCUT2D eigenvalue weighted by atomic mass is 16.5. The summed E-state index contributed by atoms with van der Waals surface area (Å²) in [6, 6.07) is 0. The quantitative estimate of drug-likeness (QED) is 0.734. The lowest BCUT2D eigenvalue weighted by Gasteiger charge is -1.86. The molecule has 130 valence electrons. The van der Waals surface area contributed by atoms with Gasteiger partial charge in [0.2, 0.25) is 0 Å². The molecule has 0 heterocycles. The fraction of sp³-hybridized carbons (Fsp3) is 0.333. The van der Waals surface area contributed by atoms with Crippen molar-refractivity contribution in [2.24, 2.45) is 0 Å². The predicted molar refractivity (Wildman–Crippen MR) is 104 cm³/mol. The second-order valence-corrected chi connectivity index (χ2v) is 1.23.